The topological polar surface area (TPSA) is 26.8 Å². The average molecular weight is 372 g/mol. The fourth-order valence-corrected chi connectivity index (χ4v) is 4.55. The summed E-state index contributed by atoms with van der Waals surface area (Å²) in [5, 5.41) is 2.12. The SMILES string of the molecule is O=C(CN1CCCC1)N1CCN(Cc2sccc2Br)CC1. The zero-order valence-corrected chi connectivity index (χ0v) is 14.7. The van der Waals surface area contributed by atoms with Gasteiger partial charge in [0.15, 0.2) is 0 Å². The molecular formula is C15H22BrN3OS. The zero-order valence-electron chi connectivity index (χ0n) is 12.3. The number of halogens is 1. The second-order valence-electron chi connectivity index (χ2n) is 5.83. The quantitative estimate of drug-likeness (QED) is 0.811. The van der Waals surface area contributed by atoms with Gasteiger partial charge in [-0.25, -0.2) is 0 Å². The predicted octanol–water partition coefficient (Wildman–Crippen LogP) is 2.25. The van der Waals surface area contributed by atoms with E-state index in [2.05, 4.69) is 37.2 Å². The Labute approximate surface area is 138 Å². The van der Waals surface area contributed by atoms with Crippen LogP contribution in [0.2, 0.25) is 0 Å². The van der Waals surface area contributed by atoms with Gasteiger partial charge in [-0.3, -0.25) is 14.6 Å². The molecule has 2 aliphatic rings. The van der Waals surface area contributed by atoms with E-state index in [1.807, 2.05) is 4.90 Å². The molecule has 0 spiro atoms. The Kier molecular flexibility index (Phi) is 5.32. The van der Waals surface area contributed by atoms with Gasteiger partial charge in [-0.1, -0.05) is 0 Å². The van der Waals surface area contributed by atoms with Crippen LogP contribution < -0.4 is 0 Å². The highest BCUT2D eigenvalue weighted by Crippen LogP contribution is 2.24. The van der Waals surface area contributed by atoms with Crippen molar-refractivity contribution in [1.29, 1.82) is 0 Å². The van der Waals surface area contributed by atoms with Crippen LogP contribution in [0.15, 0.2) is 15.9 Å². The summed E-state index contributed by atoms with van der Waals surface area (Å²) in [4.78, 5) is 20.4. The van der Waals surface area contributed by atoms with Crippen LogP contribution in [0.25, 0.3) is 0 Å². The number of hydrogen-bond donors (Lipinski definition) is 0. The van der Waals surface area contributed by atoms with E-state index in [9.17, 15) is 4.79 Å². The van der Waals surface area contributed by atoms with Crippen molar-refractivity contribution in [3.8, 4) is 0 Å². The predicted molar refractivity (Wildman–Crippen MR) is 89.6 cm³/mol. The molecule has 0 aliphatic carbocycles. The van der Waals surface area contributed by atoms with Gasteiger partial charge in [-0.2, -0.15) is 0 Å². The van der Waals surface area contributed by atoms with Crippen LogP contribution in [-0.2, 0) is 11.3 Å². The van der Waals surface area contributed by atoms with Crippen molar-refractivity contribution in [3.63, 3.8) is 0 Å². The van der Waals surface area contributed by atoms with Gasteiger partial charge < -0.3 is 4.90 Å². The molecule has 6 heteroatoms. The van der Waals surface area contributed by atoms with Crippen molar-refractivity contribution >= 4 is 33.2 Å². The molecule has 0 N–H and O–H groups in total. The Morgan fingerprint density at radius 3 is 2.43 bits per heavy atom. The third kappa shape index (κ3) is 4.06. The summed E-state index contributed by atoms with van der Waals surface area (Å²) >= 11 is 5.39. The first-order chi connectivity index (χ1) is 10.2. The van der Waals surface area contributed by atoms with E-state index in [1.165, 1.54) is 22.2 Å². The number of thiophene rings is 1. The summed E-state index contributed by atoms with van der Waals surface area (Å²) in [6.07, 6.45) is 2.49. The summed E-state index contributed by atoms with van der Waals surface area (Å²) < 4.78 is 1.21. The fourth-order valence-electron chi connectivity index (χ4n) is 3.03. The molecule has 21 heavy (non-hydrogen) atoms. The van der Waals surface area contributed by atoms with Crippen LogP contribution in [-0.4, -0.2) is 66.4 Å². The molecule has 2 saturated heterocycles. The first kappa shape index (κ1) is 15.5. The summed E-state index contributed by atoms with van der Waals surface area (Å²) in [5.74, 6) is 0.314. The maximum absolute atomic E-state index is 12.3. The molecule has 3 rings (SSSR count). The molecule has 1 aromatic rings. The molecule has 116 valence electrons. The van der Waals surface area contributed by atoms with Gasteiger partial charge in [-0.05, 0) is 53.3 Å². The Morgan fingerprint density at radius 1 is 1.10 bits per heavy atom. The molecule has 0 atom stereocenters. The van der Waals surface area contributed by atoms with E-state index in [-0.39, 0.29) is 0 Å². The minimum Gasteiger partial charge on any atom is -0.339 e. The maximum Gasteiger partial charge on any atom is 0.236 e. The molecule has 1 aromatic heterocycles. The van der Waals surface area contributed by atoms with Crippen LogP contribution in [0.4, 0.5) is 0 Å². The van der Waals surface area contributed by atoms with E-state index in [1.54, 1.807) is 11.3 Å². The van der Waals surface area contributed by atoms with Crippen LogP contribution >= 0.6 is 27.3 Å². The van der Waals surface area contributed by atoms with Crippen molar-refractivity contribution in [2.24, 2.45) is 0 Å². The molecule has 0 bridgehead atoms. The first-order valence-electron chi connectivity index (χ1n) is 7.67. The Morgan fingerprint density at radius 2 is 1.81 bits per heavy atom. The summed E-state index contributed by atoms with van der Waals surface area (Å²) in [6.45, 7) is 7.51. The van der Waals surface area contributed by atoms with Crippen molar-refractivity contribution in [1.82, 2.24) is 14.7 Å². The molecule has 3 heterocycles. The van der Waals surface area contributed by atoms with Crippen LogP contribution in [0.3, 0.4) is 0 Å². The summed E-state index contributed by atoms with van der Waals surface area (Å²) in [7, 11) is 0. The number of rotatable bonds is 4. The van der Waals surface area contributed by atoms with Crippen LogP contribution in [0.1, 0.15) is 17.7 Å². The van der Waals surface area contributed by atoms with Crippen molar-refractivity contribution in [2.45, 2.75) is 19.4 Å². The molecule has 0 radical (unpaired) electrons. The highest BCUT2D eigenvalue weighted by molar-refractivity contribution is 9.10. The molecule has 0 unspecified atom stereocenters. The number of amides is 1. The largest absolute Gasteiger partial charge is 0.339 e. The van der Waals surface area contributed by atoms with Crippen LogP contribution in [0.5, 0.6) is 0 Å². The third-order valence-corrected chi connectivity index (χ3v) is 6.25. The normalized spacial score (nSPS) is 21.1. The minimum absolute atomic E-state index is 0.314. The van der Waals surface area contributed by atoms with Gasteiger partial charge in [0.2, 0.25) is 5.91 Å². The molecule has 4 nitrogen and oxygen atoms in total. The van der Waals surface area contributed by atoms with Gasteiger partial charge in [0.1, 0.15) is 0 Å². The Hall–Kier alpha value is -0.430. The summed E-state index contributed by atoms with van der Waals surface area (Å²) in [6, 6.07) is 2.11. The van der Waals surface area contributed by atoms with Gasteiger partial charge in [0.25, 0.3) is 0 Å². The minimum atomic E-state index is 0.314. The number of hydrogen-bond acceptors (Lipinski definition) is 4. The van der Waals surface area contributed by atoms with E-state index < -0.39 is 0 Å². The Balaban J connectivity index is 1.44. The number of nitrogens with zero attached hydrogens (tertiary/aromatic N) is 3. The Bertz CT molecular complexity index is 479. The molecule has 0 aromatic carbocycles. The third-order valence-electron chi connectivity index (χ3n) is 4.34. The lowest BCUT2D eigenvalue weighted by molar-refractivity contribution is -0.134. The van der Waals surface area contributed by atoms with Crippen molar-refractivity contribution < 1.29 is 4.79 Å². The number of likely N-dealkylation sites (tertiary alicyclic amines) is 1. The maximum atomic E-state index is 12.3. The monoisotopic (exact) mass is 371 g/mol. The van der Waals surface area contributed by atoms with Crippen LogP contribution in [0, 0.1) is 0 Å². The number of carbonyl (C=O) groups is 1. The van der Waals surface area contributed by atoms with E-state index in [0.29, 0.717) is 12.5 Å². The lowest BCUT2D eigenvalue weighted by Crippen LogP contribution is -2.50. The zero-order chi connectivity index (χ0) is 14.7. The van der Waals surface area contributed by atoms with Gasteiger partial charge in [0.05, 0.1) is 6.54 Å². The number of piperazine rings is 1. The number of carbonyl (C=O) groups excluding carboxylic acids is 1. The van der Waals surface area contributed by atoms with E-state index in [4.69, 9.17) is 0 Å². The average Bonchev–Trinajstić information content (AvgIpc) is 3.12. The lowest BCUT2D eigenvalue weighted by atomic mass is 10.3. The second-order valence-corrected chi connectivity index (χ2v) is 7.69. The molecule has 2 aliphatic heterocycles. The molecule has 1 amide bonds. The van der Waals surface area contributed by atoms with Crippen molar-refractivity contribution in [3.05, 3.63) is 20.8 Å². The van der Waals surface area contributed by atoms with Gasteiger partial charge in [0, 0.05) is 42.1 Å². The second kappa shape index (κ2) is 7.22. The summed E-state index contributed by atoms with van der Waals surface area (Å²) in [5.41, 5.74) is 0. The molecule has 0 saturated carbocycles. The van der Waals surface area contributed by atoms with Crippen molar-refractivity contribution in [2.75, 3.05) is 45.8 Å². The lowest BCUT2D eigenvalue weighted by Gasteiger charge is -2.35. The molecule has 2 fully saturated rings. The highest BCUT2D eigenvalue weighted by atomic mass is 79.9. The fraction of sp³-hybridized carbons (Fsp3) is 0.667. The van der Waals surface area contributed by atoms with E-state index in [0.717, 1.165) is 45.8 Å². The standard InChI is InChI=1S/C15H22BrN3OS/c16-13-3-10-21-14(13)11-18-6-8-19(9-7-18)15(20)12-17-4-1-2-5-17/h3,10H,1-2,4-9,11-12H2. The first-order valence-corrected chi connectivity index (χ1v) is 9.34. The van der Waals surface area contributed by atoms with E-state index >= 15 is 0 Å². The highest BCUT2D eigenvalue weighted by Gasteiger charge is 2.24. The van der Waals surface area contributed by atoms with Gasteiger partial charge >= 0.3 is 0 Å². The smallest absolute Gasteiger partial charge is 0.236 e. The molecular weight excluding hydrogens is 350 g/mol. The van der Waals surface area contributed by atoms with Gasteiger partial charge in [-0.15, -0.1) is 11.3 Å².